The molecule has 1 amide bonds. The van der Waals surface area contributed by atoms with Gasteiger partial charge in [-0.15, -0.1) is 0 Å². The van der Waals surface area contributed by atoms with Crippen LogP contribution in [0.1, 0.15) is 12.8 Å². The predicted molar refractivity (Wildman–Crippen MR) is 53.4 cm³/mol. The quantitative estimate of drug-likeness (QED) is 0.331. The zero-order valence-electron chi connectivity index (χ0n) is 8.41. The molecule has 2 heterocycles. The minimum Gasteiger partial charge on any atom is -0.298 e. The van der Waals surface area contributed by atoms with Crippen molar-refractivity contribution in [2.45, 2.75) is 18.9 Å². The molecule has 80 valence electrons. The number of carbonyl (C=O) groups is 1. The van der Waals surface area contributed by atoms with Gasteiger partial charge in [0.05, 0.1) is 6.54 Å². The van der Waals surface area contributed by atoms with Crippen LogP contribution in [-0.2, 0) is 4.79 Å². The number of nitrogens with one attached hydrogen (secondary N) is 1. The van der Waals surface area contributed by atoms with Gasteiger partial charge in [-0.3, -0.25) is 20.0 Å². The van der Waals surface area contributed by atoms with E-state index < -0.39 is 0 Å². The van der Waals surface area contributed by atoms with Gasteiger partial charge < -0.3 is 0 Å². The minimum absolute atomic E-state index is 0.0866. The third kappa shape index (κ3) is 2.05. The molecular formula is C9H18N4O. The summed E-state index contributed by atoms with van der Waals surface area (Å²) < 4.78 is 0. The Kier molecular flexibility index (Phi) is 3.00. The molecule has 0 unspecified atom stereocenters. The highest BCUT2D eigenvalue weighted by atomic mass is 16.2. The third-order valence-electron chi connectivity index (χ3n) is 3.20. The number of piperazine rings is 1. The lowest BCUT2D eigenvalue weighted by Crippen LogP contribution is -2.53. The molecule has 0 bridgehead atoms. The Bertz CT molecular complexity index is 221. The fourth-order valence-corrected chi connectivity index (χ4v) is 2.45. The Morgan fingerprint density at radius 1 is 1.43 bits per heavy atom. The van der Waals surface area contributed by atoms with Gasteiger partial charge in [0.2, 0.25) is 5.91 Å². The van der Waals surface area contributed by atoms with Gasteiger partial charge >= 0.3 is 0 Å². The van der Waals surface area contributed by atoms with Crippen LogP contribution in [0, 0.1) is 0 Å². The fraction of sp³-hybridized carbons (Fsp3) is 0.889. The van der Waals surface area contributed by atoms with E-state index in [1.165, 1.54) is 19.4 Å². The number of amides is 1. The van der Waals surface area contributed by atoms with Gasteiger partial charge in [0.1, 0.15) is 0 Å². The summed E-state index contributed by atoms with van der Waals surface area (Å²) in [6.07, 6.45) is 2.59. The first-order chi connectivity index (χ1) is 6.79. The molecule has 1 atom stereocenters. The predicted octanol–water partition coefficient (Wildman–Crippen LogP) is -1.24. The maximum atomic E-state index is 11.1. The highest BCUT2D eigenvalue weighted by Crippen LogP contribution is 2.20. The van der Waals surface area contributed by atoms with E-state index in [0.717, 1.165) is 19.6 Å². The Hall–Kier alpha value is -0.650. The van der Waals surface area contributed by atoms with Crippen molar-refractivity contribution >= 4 is 5.91 Å². The first-order valence-electron chi connectivity index (χ1n) is 5.25. The van der Waals surface area contributed by atoms with Gasteiger partial charge in [0.25, 0.3) is 0 Å². The largest absolute Gasteiger partial charge is 0.298 e. The highest BCUT2D eigenvalue weighted by molar-refractivity contribution is 5.77. The Labute approximate surface area is 84.2 Å². The van der Waals surface area contributed by atoms with Crippen LogP contribution in [0.25, 0.3) is 0 Å². The molecule has 2 saturated heterocycles. The van der Waals surface area contributed by atoms with E-state index in [9.17, 15) is 4.79 Å². The number of hydrogen-bond acceptors (Lipinski definition) is 4. The monoisotopic (exact) mass is 198 g/mol. The second-order valence-corrected chi connectivity index (χ2v) is 4.13. The van der Waals surface area contributed by atoms with Crippen molar-refractivity contribution in [3.8, 4) is 0 Å². The molecule has 0 radical (unpaired) electrons. The molecule has 0 aromatic rings. The summed E-state index contributed by atoms with van der Waals surface area (Å²) >= 11 is 0. The number of fused-ring (bicyclic) bond motifs is 1. The number of nitrogens with zero attached hydrogens (tertiary/aromatic N) is 2. The number of hydrazine groups is 1. The van der Waals surface area contributed by atoms with Crippen LogP contribution >= 0.6 is 0 Å². The van der Waals surface area contributed by atoms with Crippen LogP contribution in [0.15, 0.2) is 0 Å². The van der Waals surface area contributed by atoms with E-state index in [1.54, 1.807) is 0 Å². The van der Waals surface area contributed by atoms with Crippen LogP contribution in [-0.4, -0.2) is 54.5 Å². The van der Waals surface area contributed by atoms with E-state index >= 15 is 0 Å². The van der Waals surface area contributed by atoms with Gasteiger partial charge in [-0.25, -0.2) is 5.84 Å². The maximum absolute atomic E-state index is 11.1. The molecule has 14 heavy (non-hydrogen) atoms. The molecule has 2 aliphatic heterocycles. The van der Waals surface area contributed by atoms with Gasteiger partial charge in [-0.05, 0) is 19.4 Å². The standard InChI is InChI=1S/C9H18N4O/c10-11-9(14)7-12-4-5-13-3-1-2-8(13)6-12/h8H,1-7,10H2,(H,11,14)/t8-/m1/s1. The lowest BCUT2D eigenvalue weighted by molar-refractivity contribution is -0.122. The number of hydrogen-bond donors (Lipinski definition) is 2. The number of rotatable bonds is 2. The second kappa shape index (κ2) is 4.25. The van der Waals surface area contributed by atoms with Crippen LogP contribution in [0.4, 0.5) is 0 Å². The van der Waals surface area contributed by atoms with E-state index in [-0.39, 0.29) is 5.91 Å². The molecule has 0 spiro atoms. The lowest BCUT2D eigenvalue weighted by atomic mass is 10.1. The smallest absolute Gasteiger partial charge is 0.248 e. The van der Waals surface area contributed by atoms with Crippen molar-refractivity contribution in [1.29, 1.82) is 0 Å². The molecule has 2 fully saturated rings. The van der Waals surface area contributed by atoms with Gasteiger partial charge in [-0.2, -0.15) is 0 Å². The number of nitrogens with two attached hydrogens (primary N) is 1. The van der Waals surface area contributed by atoms with Crippen LogP contribution in [0.2, 0.25) is 0 Å². The average Bonchev–Trinajstić information content (AvgIpc) is 2.64. The maximum Gasteiger partial charge on any atom is 0.248 e. The Morgan fingerprint density at radius 3 is 3.07 bits per heavy atom. The van der Waals surface area contributed by atoms with Crippen LogP contribution in [0.5, 0.6) is 0 Å². The topological polar surface area (TPSA) is 61.6 Å². The molecule has 0 saturated carbocycles. The Balaban J connectivity index is 1.82. The van der Waals surface area contributed by atoms with Crippen LogP contribution < -0.4 is 11.3 Å². The van der Waals surface area contributed by atoms with Crippen molar-refractivity contribution in [1.82, 2.24) is 15.2 Å². The summed E-state index contributed by atoms with van der Waals surface area (Å²) in [5, 5.41) is 0. The second-order valence-electron chi connectivity index (χ2n) is 4.13. The molecule has 3 N–H and O–H groups in total. The van der Waals surface area contributed by atoms with Gasteiger partial charge in [0.15, 0.2) is 0 Å². The molecule has 2 rings (SSSR count). The normalized spacial score (nSPS) is 28.8. The molecule has 5 nitrogen and oxygen atoms in total. The van der Waals surface area contributed by atoms with E-state index in [0.29, 0.717) is 12.6 Å². The summed E-state index contributed by atoms with van der Waals surface area (Å²) in [7, 11) is 0. The van der Waals surface area contributed by atoms with Crippen molar-refractivity contribution < 1.29 is 4.79 Å². The van der Waals surface area contributed by atoms with Gasteiger partial charge in [0, 0.05) is 25.7 Å². The highest BCUT2D eigenvalue weighted by Gasteiger charge is 2.30. The van der Waals surface area contributed by atoms with Gasteiger partial charge in [-0.1, -0.05) is 0 Å². The third-order valence-corrected chi connectivity index (χ3v) is 3.20. The zero-order chi connectivity index (χ0) is 9.97. The molecular weight excluding hydrogens is 180 g/mol. The van der Waals surface area contributed by atoms with E-state index in [2.05, 4.69) is 15.2 Å². The number of carbonyl (C=O) groups excluding carboxylic acids is 1. The molecule has 2 aliphatic rings. The fourth-order valence-electron chi connectivity index (χ4n) is 2.45. The average molecular weight is 198 g/mol. The zero-order valence-corrected chi connectivity index (χ0v) is 8.41. The van der Waals surface area contributed by atoms with Crippen LogP contribution in [0.3, 0.4) is 0 Å². The molecule has 5 heteroatoms. The summed E-state index contributed by atoms with van der Waals surface area (Å²) in [6, 6.07) is 0.675. The minimum atomic E-state index is -0.0866. The van der Waals surface area contributed by atoms with Crippen molar-refractivity contribution in [3.05, 3.63) is 0 Å². The molecule has 0 aliphatic carbocycles. The van der Waals surface area contributed by atoms with Crippen molar-refractivity contribution in [2.24, 2.45) is 5.84 Å². The molecule has 0 aromatic carbocycles. The summed E-state index contributed by atoms with van der Waals surface area (Å²) in [4.78, 5) is 15.8. The Morgan fingerprint density at radius 2 is 2.29 bits per heavy atom. The summed E-state index contributed by atoms with van der Waals surface area (Å²) in [5.74, 6) is 4.97. The summed E-state index contributed by atoms with van der Waals surface area (Å²) in [5.41, 5.74) is 2.18. The first kappa shape index (κ1) is 9.89. The van der Waals surface area contributed by atoms with Crippen molar-refractivity contribution in [2.75, 3.05) is 32.7 Å². The van der Waals surface area contributed by atoms with Crippen molar-refractivity contribution in [3.63, 3.8) is 0 Å². The van der Waals surface area contributed by atoms with E-state index in [1.807, 2.05) is 0 Å². The lowest BCUT2D eigenvalue weighted by Gasteiger charge is -2.36. The SMILES string of the molecule is NNC(=O)CN1CCN2CCC[C@@H]2C1. The summed E-state index contributed by atoms with van der Waals surface area (Å²) in [6.45, 7) is 4.79. The first-order valence-corrected chi connectivity index (χ1v) is 5.25. The van der Waals surface area contributed by atoms with E-state index in [4.69, 9.17) is 5.84 Å². The molecule has 0 aromatic heterocycles.